The molecule has 1 aromatic carbocycles. The van der Waals surface area contributed by atoms with Crippen molar-refractivity contribution in [1.82, 2.24) is 4.90 Å². The second-order valence-electron chi connectivity index (χ2n) is 6.31. The largest absolute Gasteiger partial charge is 0.481 e. The minimum absolute atomic E-state index is 0.136. The van der Waals surface area contributed by atoms with E-state index >= 15 is 0 Å². The summed E-state index contributed by atoms with van der Waals surface area (Å²) in [6.07, 6.45) is 5.15. The zero-order valence-corrected chi connectivity index (χ0v) is 12.9. The second-order valence-corrected chi connectivity index (χ2v) is 6.31. The molecule has 1 aliphatic carbocycles. The average molecular weight is 293 g/mol. The van der Waals surface area contributed by atoms with Crippen LogP contribution in [0.15, 0.2) is 18.2 Å². The van der Waals surface area contributed by atoms with Crippen molar-refractivity contribution in [2.45, 2.75) is 57.5 Å². The van der Waals surface area contributed by atoms with Crippen LogP contribution in [0.1, 0.15) is 49.7 Å². The Bertz CT molecular complexity index is 510. The van der Waals surface area contributed by atoms with Gasteiger partial charge in [-0.1, -0.05) is 37.0 Å². The summed E-state index contributed by atoms with van der Waals surface area (Å²) in [6.45, 7) is 2.40. The van der Waals surface area contributed by atoms with E-state index in [1.807, 2.05) is 20.0 Å². The lowest BCUT2D eigenvalue weighted by atomic mass is 9.78. The number of hydrogen-bond acceptors (Lipinski definition) is 2. The predicted octanol–water partition coefficient (Wildman–Crippen LogP) is 3.74. The lowest BCUT2D eigenvalue weighted by molar-refractivity contribution is -0.141. The molecule has 1 N–H and O–H groups in total. The first-order chi connectivity index (χ1) is 9.93. The molecule has 0 aliphatic heterocycles. The lowest BCUT2D eigenvalue weighted by Crippen LogP contribution is -2.49. The number of halogens is 1. The van der Waals surface area contributed by atoms with E-state index in [0.717, 1.165) is 37.7 Å². The second kappa shape index (κ2) is 6.56. The molecule has 4 heteroatoms. The van der Waals surface area contributed by atoms with Crippen molar-refractivity contribution in [1.29, 1.82) is 0 Å². The van der Waals surface area contributed by atoms with E-state index in [9.17, 15) is 14.3 Å². The Morgan fingerprint density at radius 2 is 2.00 bits per heavy atom. The summed E-state index contributed by atoms with van der Waals surface area (Å²) in [7, 11) is 1.93. The topological polar surface area (TPSA) is 40.5 Å². The Labute approximate surface area is 125 Å². The molecule has 1 saturated carbocycles. The summed E-state index contributed by atoms with van der Waals surface area (Å²) >= 11 is 0. The van der Waals surface area contributed by atoms with Gasteiger partial charge < -0.3 is 5.11 Å². The Morgan fingerprint density at radius 1 is 1.33 bits per heavy atom. The molecule has 0 atom stereocenters. The third-order valence-electron chi connectivity index (χ3n) is 4.68. The maximum Gasteiger partial charge on any atom is 0.305 e. The molecule has 21 heavy (non-hydrogen) atoms. The van der Waals surface area contributed by atoms with E-state index in [1.165, 1.54) is 6.07 Å². The van der Waals surface area contributed by atoms with Crippen LogP contribution >= 0.6 is 0 Å². The van der Waals surface area contributed by atoms with Crippen LogP contribution in [0.25, 0.3) is 0 Å². The van der Waals surface area contributed by atoms with Gasteiger partial charge in [-0.3, -0.25) is 9.69 Å². The highest BCUT2D eigenvalue weighted by Crippen LogP contribution is 2.36. The van der Waals surface area contributed by atoms with Gasteiger partial charge in [-0.05, 0) is 32.9 Å². The molecule has 0 unspecified atom stereocenters. The van der Waals surface area contributed by atoms with Crippen molar-refractivity contribution in [2.24, 2.45) is 0 Å². The van der Waals surface area contributed by atoms with Crippen LogP contribution < -0.4 is 0 Å². The fourth-order valence-electron chi connectivity index (χ4n) is 3.43. The molecule has 1 aromatic rings. The van der Waals surface area contributed by atoms with Gasteiger partial charge >= 0.3 is 5.97 Å². The summed E-state index contributed by atoms with van der Waals surface area (Å²) < 4.78 is 13.9. The van der Waals surface area contributed by atoms with Gasteiger partial charge in [0.1, 0.15) is 5.82 Å². The number of aryl methyl sites for hydroxylation is 1. The van der Waals surface area contributed by atoms with Crippen LogP contribution in [0.3, 0.4) is 0 Å². The van der Waals surface area contributed by atoms with Crippen LogP contribution in [-0.4, -0.2) is 28.6 Å². The Morgan fingerprint density at radius 3 is 2.62 bits per heavy atom. The zero-order valence-electron chi connectivity index (χ0n) is 12.9. The highest BCUT2D eigenvalue weighted by molar-refractivity contribution is 5.68. The molecule has 0 spiro atoms. The Balaban J connectivity index is 2.19. The zero-order chi connectivity index (χ0) is 15.5. The summed E-state index contributed by atoms with van der Waals surface area (Å²) in [5.41, 5.74) is 1.34. The quantitative estimate of drug-likeness (QED) is 0.899. The monoisotopic (exact) mass is 293 g/mol. The molecule has 0 saturated heterocycles. The number of carbonyl (C=O) groups is 1. The van der Waals surface area contributed by atoms with Gasteiger partial charge in [0, 0.05) is 17.6 Å². The first-order valence-corrected chi connectivity index (χ1v) is 7.61. The summed E-state index contributed by atoms with van der Waals surface area (Å²) in [5, 5.41) is 9.24. The Hall–Kier alpha value is -1.42. The maximum atomic E-state index is 13.9. The van der Waals surface area contributed by atoms with Crippen molar-refractivity contribution in [3.8, 4) is 0 Å². The fourth-order valence-corrected chi connectivity index (χ4v) is 3.43. The minimum Gasteiger partial charge on any atom is -0.481 e. The van der Waals surface area contributed by atoms with Crippen LogP contribution in [0.2, 0.25) is 0 Å². The van der Waals surface area contributed by atoms with Crippen LogP contribution in [0, 0.1) is 12.7 Å². The standard InChI is InChI=1S/C17H24FNO2/c1-13-6-7-15(18)14(10-13)12-19(2)17(11-16(20)21)8-4-3-5-9-17/h6-7,10H,3-5,8-9,11-12H2,1-2H3,(H,20,21). The SMILES string of the molecule is Cc1ccc(F)c(CN(C)C2(CC(=O)O)CCCCC2)c1. The highest BCUT2D eigenvalue weighted by Gasteiger charge is 2.38. The number of rotatable bonds is 5. The van der Waals surface area contributed by atoms with Crippen LogP contribution in [0.4, 0.5) is 4.39 Å². The normalized spacial score (nSPS) is 17.9. The van der Waals surface area contributed by atoms with Gasteiger partial charge in [0.05, 0.1) is 6.42 Å². The number of hydrogen-bond donors (Lipinski definition) is 1. The van der Waals surface area contributed by atoms with Crippen LogP contribution in [-0.2, 0) is 11.3 Å². The van der Waals surface area contributed by atoms with Crippen molar-refractivity contribution >= 4 is 5.97 Å². The van der Waals surface area contributed by atoms with Gasteiger partial charge in [-0.15, -0.1) is 0 Å². The van der Waals surface area contributed by atoms with E-state index in [4.69, 9.17) is 0 Å². The van der Waals surface area contributed by atoms with E-state index in [1.54, 1.807) is 6.07 Å². The highest BCUT2D eigenvalue weighted by atomic mass is 19.1. The molecule has 116 valence electrons. The van der Waals surface area contributed by atoms with Crippen molar-refractivity contribution in [2.75, 3.05) is 7.05 Å². The van der Waals surface area contributed by atoms with E-state index in [-0.39, 0.29) is 17.8 Å². The van der Waals surface area contributed by atoms with Gasteiger partial charge in [0.2, 0.25) is 0 Å². The molecule has 0 radical (unpaired) electrons. The molecule has 1 fully saturated rings. The molecular weight excluding hydrogens is 269 g/mol. The third-order valence-corrected chi connectivity index (χ3v) is 4.68. The molecule has 3 nitrogen and oxygen atoms in total. The van der Waals surface area contributed by atoms with Gasteiger partial charge in [-0.25, -0.2) is 4.39 Å². The number of carboxylic acid groups (broad SMARTS) is 1. The molecule has 0 heterocycles. The van der Waals surface area contributed by atoms with Gasteiger partial charge in [0.25, 0.3) is 0 Å². The number of carboxylic acids is 1. The molecule has 0 aromatic heterocycles. The summed E-state index contributed by atoms with van der Waals surface area (Å²) in [4.78, 5) is 13.3. The summed E-state index contributed by atoms with van der Waals surface area (Å²) in [6, 6.07) is 5.10. The average Bonchev–Trinajstić information content (AvgIpc) is 2.43. The van der Waals surface area contributed by atoms with Crippen LogP contribution in [0.5, 0.6) is 0 Å². The Kier molecular flexibility index (Phi) is 4.99. The van der Waals surface area contributed by atoms with E-state index < -0.39 is 5.97 Å². The molecule has 0 bridgehead atoms. The van der Waals surface area contributed by atoms with E-state index in [2.05, 4.69) is 4.90 Å². The fraction of sp³-hybridized carbons (Fsp3) is 0.588. The van der Waals surface area contributed by atoms with Crippen molar-refractivity contribution in [3.05, 3.63) is 35.1 Å². The first kappa shape index (κ1) is 16.0. The lowest BCUT2D eigenvalue weighted by Gasteiger charge is -2.44. The summed E-state index contributed by atoms with van der Waals surface area (Å²) in [5.74, 6) is -0.984. The first-order valence-electron chi connectivity index (χ1n) is 7.61. The van der Waals surface area contributed by atoms with Gasteiger partial charge in [0.15, 0.2) is 0 Å². The molecule has 0 amide bonds. The molecular formula is C17H24FNO2. The maximum absolute atomic E-state index is 13.9. The van der Waals surface area contributed by atoms with Crippen molar-refractivity contribution in [3.63, 3.8) is 0 Å². The molecule has 2 rings (SSSR count). The van der Waals surface area contributed by atoms with Gasteiger partial charge in [-0.2, -0.15) is 0 Å². The minimum atomic E-state index is -0.770. The smallest absolute Gasteiger partial charge is 0.305 e. The van der Waals surface area contributed by atoms with Crippen molar-refractivity contribution < 1.29 is 14.3 Å². The number of benzene rings is 1. The predicted molar refractivity (Wildman–Crippen MR) is 80.7 cm³/mol. The third kappa shape index (κ3) is 3.82. The van der Waals surface area contributed by atoms with E-state index in [0.29, 0.717) is 12.1 Å². The number of aliphatic carboxylic acids is 1. The molecule has 1 aliphatic rings. The number of nitrogens with zero attached hydrogens (tertiary/aromatic N) is 1.